The van der Waals surface area contributed by atoms with Crippen molar-refractivity contribution < 1.29 is 14.1 Å². The van der Waals surface area contributed by atoms with Gasteiger partial charge in [-0.05, 0) is 23.2 Å². The van der Waals surface area contributed by atoms with Gasteiger partial charge in [-0.2, -0.15) is 0 Å². The highest BCUT2D eigenvalue weighted by atomic mass is 35.5. The molecule has 0 bridgehead atoms. The third kappa shape index (κ3) is 3.11. The molecule has 6 nitrogen and oxygen atoms in total. The van der Waals surface area contributed by atoms with Crippen LogP contribution in [0, 0.1) is 10.1 Å². The number of benzene rings is 1. The molecule has 1 aromatic heterocycles. The Morgan fingerprint density at radius 3 is 2.84 bits per heavy atom. The van der Waals surface area contributed by atoms with Gasteiger partial charge in [0.15, 0.2) is 0 Å². The summed E-state index contributed by atoms with van der Waals surface area (Å²) in [5, 5.41) is 13.2. The van der Waals surface area contributed by atoms with Crippen LogP contribution in [-0.2, 0) is 6.54 Å². The first-order chi connectivity index (χ1) is 9.08. The lowest BCUT2D eigenvalue weighted by Crippen LogP contribution is -2.22. The highest BCUT2D eigenvalue weighted by Gasteiger charge is 2.13. The van der Waals surface area contributed by atoms with Gasteiger partial charge in [-0.25, -0.2) is 0 Å². The maximum Gasteiger partial charge on any atom is 0.269 e. The van der Waals surface area contributed by atoms with Crippen molar-refractivity contribution in [2.24, 2.45) is 0 Å². The maximum absolute atomic E-state index is 11.7. The number of carbonyl (C=O) groups is 1. The Kier molecular flexibility index (Phi) is 3.82. The zero-order valence-corrected chi connectivity index (χ0v) is 10.4. The number of hydrogen-bond acceptors (Lipinski definition) is 4. The lowest BCUT2D eigenvalue weighted by atomic mass is 10.2. The molecule has 0 spiro atoms. The second-order valence-electron chi connectivity index (χ2n) is 3.72. The van der Waals surface area contributed by atoms with Crippen LogP contribution in [0.5, 0.6) is 0 Å². The number of halogens is 1. The highest BCUT2D eigenvalue weighted by molar-refractivity contribution is 6.32. The van der Waals surface area contributed by atoms with Crippen LogP contribution in [0.3, 0.4) is 0 Å². The first-order valence-electron chi connectivity index (χ1n) is 5.32. The number of rotatable bonds is 4. The van der Waals surface area contributed by atoms with E-state index in [1.807, 2.05) is 0 Å². The van der Waals surface area contributed by atoms with Crippen LogP contribution < -0.4 is 5.32 Å². The van der Waals surface area contributed by atoms with Gasteiger partial charge in [-0.15, -0.1) is 0 Å². The summed E-state index contributed by atoms with van der Waals surface area (Å²) in [6.07, 6.45) is 1.31. The summed E-state index contributed by atoms with van der Waals surface area (Å²) in [7, 11) is 0. The van der Waals surface area contributed by atoms with Crippen molar-refractivity contribution in [1.82, 2.24) is 5.32 Å². The summed E-state index contributed by atoms with van der Waals surface area (Å²) in [5.74, 6) is -0.398. The second-order valence-corrected chi connectivity index (χ2v) is 4.06. The number of nitrogens with zero attached hydrogens (tertiary/aromatic N) is 1. The van der Waals surface area contributed by atoms with Crippen LogP contribution in [0.2, 0.25) is 5.22 Å². The van der Waals surface area contributed by atoms with Crippen molar-refractivity contribution in [2.45, 2.75) is 6.54 Å². The third-order valence-electron chi connectivity index (χ3n) is 2.44. The van der Waals surface area contributed by atoms with E-state index in [4.69, 9.17) is 16.0 Å². The summed E-state index contributed by atoms with van der Waals surface area (Å²) in [6.45, 7) is 0.169. The second kappa shape index (κ2) is 5.53. The SMILES string of the molecule is O=C(NCc1cccc([N+](=O)[O-])c1)c1ccoc1Cl. The fraction of sp³-hybridized carbons (Fsp3) is 0.0833. The smallest absolute Gasteiger partial charge is 0.269 e. The minimum absolute atomic E-state index is 0.0107. The largest absolute Gasteiger partial charge is 0.452 e. The molecule has 0 atom stereocenters. The third-order valence-corrected chi connectivity index (χ3v) is 2.73. The fourth-order valence-electron chi connectivity index (χ4n) is 1.51. The van der Waals surface area contributed by atoms with Crippen molar-refractivity contribution in [3.8, 4) is 0 Å². The maximum atomic E-state index is 11.7. The van der Waals surface area contributed by atoms with E-state index in [0.717, 1.165) is 0 Å². The lowest BCUT2D eigenvalue weighted by Gasteiger charge is -2.04. The Hall–Kier alpha value is -2.34. The van der Waals surface area contributed by atoms with E-state index >= 15 is 0 Å². The van der Waals surface area contributed by atoms with Crippen LogP contribution in [0.1, 0.15) is 15.9 Å². The molecule has 98 valence electrons. The van der Waals surface area contributed by atoms with Gasteiger partial charge < -0.3 is 9.73 Å². The Labute approximate surface area is 113 Å². The van der Waals surface area contributed by atoms with Crippen LogP contribution in [0.4, 0.5) is 5.69 Å². The summed E-state index contributed by atoms with van der Waals surface area (Å²) < 4.78 is 4.80. The monoisotopic (exact) mass is 280 g/mol. The van der Waals surface area contributed by atoms with E-state index in [-0.39, 0.29) is 23.0 Å². The van der Waals surface area contributed by atoms with Gasteiger partial charge in [-0.3, -0.25) is 14.9 Å². The van der Waals surface area contributed by atoms with E-state index < -0.39 is 10.8 Å². The van der Waals surface area contributed by atoms with E-state index in [1.165, 1.54) is 24.5 Å². The first-order valence-corrected chi connectivity index (χ1v) is 5.70. The molecule has 0 unspecified atom stereocenters. The molecule has 0 saturated heterocycles. The van der Waals surface area contributed by atoms with Crippen molar-refractivity contribution >= 4 is 23.2 Å². The van der Waals surface area contributed by atoms with Gasteiger partial charge in [0.05, 0.1) is 16.7 Å². The normalized spacial score (nSPS) is 10.2. The number of nitrogens with one attached hydrogen (secondary N) is 1. The molecule has 7 heteroatoms. The molecule has 19 heavy (non-hydrogen) atoms. The highest BCUT2D eigenvalue weighted by Crippen LogP contribution is 2.17. The quantitative estimate of drug-likeness (QED) is 0.689. The molecule has 0 aliphatic rings. The summed E-state index contributed by atoms with van der Waals surface area (Å²) >= 11 is 5.67. The fourth-order valence-corrected chi connectivity index (χ4v) is 1.71. The van der Waals surface area contributed by atoms with Gasteiger partial charge in [0.1, 0.15) is 0 Å². The number of carbonyl (C=O) groups excluding carboxylic acids is 1. The molecule has 0 radical (unpaired) electrons. The molecule has 1 N–H and O–H groups in total. The number of furan rings is 1. The molecule has 1 amide bonds. The molecule has 2 rings (SSSR count). The van der Waals surface area contributed by atoms with Crippen molar-refractivity contribution in [3.63, 3.8) is 0 Å². The molecule has 0 saturated carbocycles. The van der Waals surface area contributed by atoms with Crippen molar-refractivity contribution in [1.29, 1.82) is 0 Å². The summed E-state index contributed by atoms with van der Waals surface area (Å²) in [5.41, 5.74) is 0.836. The molecule has 0 fully saturated rings. The zero-order chi connectivity index (χ0) is 13.8. The molecular weight excluding hydrogens is 272 g/mol. The zero-order valence-electron chi connectivity index (χ0n) is 9.63. The Bertz CT molecular complexity index is 624. The minimum Gasteiger partial charge on any atom is -0.452 e. The number of nitro benzene ring substituents is 1. The predicted octanol–water partition coefficient (Wildman–Crippen LogP) is 2.77. The standard InChI is InChI=1S/C12H9ClN2O4/c13-11-10(4-5-19-11)12(16)14-7-8-2-1-3-9(6-8)15(17)18/h1-6H,7H2,(H,14,16). The van der Waals surface area contributed by atoms with E-state index in [2.05, 4.69) is 5.32 Å². The summed E-state index contributed by atoms with van der Waals surface area (Å²) in [6, 6.07) is 7.48. The number of amides is 1. The molecule has 2 aromatic rings. The number of hydrogen-bond donors (Lipinski definition) is 1. The van der Waals surface area contributed by atoms with Crippen LogP contribution >= 0.6 is 11.6 Å². The summed E-state index contributed by atoms with van der Waals surface area (Å²) in [4.78, 5) is 21.9. The van der Waals surface area contributed by atoms with Crippen molar-refractivity contribution in [2.75, 3.05) is 0 Å². The first kappa shape index (κ1) is 13.1. The molecular formula is C12H9ClN2O4. The van der Waals surface area contributed by atoms with E-state index in [0.29, 0.717) is 5.56 Å². The Morgan fingerprint density at radius 2 is 2.21 bits per heavy atom. The van der Waals surface area contributed by atoms with Gasteiger partial charge in [0.2, 0.25) is 5.22 Å². The molecule has 1 aromatic carbocycles. The molecule has 0 aliphatic heterocycles. The van der Waals surface area contributed by atoms with E-state index in [9.17, 15) is 14.9 Å². The van der Waals surface area contributed by atoms with E-state index in [1.54, 1.807) is 12.1 Å². The number of nitro groups is 1. The lowest BCUT2D eigenvalue weighted by molar-refractivity contribution is -0.384. The number of non-ortho nitro benzene ring substituents is 1. The van der Waals surface area contributed by atoms with Crippen LogP contribution in [0.25, 0.3) is 0 Å². The van der Waals surface area contributed by atoms with Gasteiger partial charge in [0.25, 0.3) is 11.6 Å². The topological polar surface area (TPSA) is 85.4 Å². The van der Waals surface area contributed by atoms with Gasteiger partial charge in [0, 0.05) is 18.7 Å². The van der Waals surface area contributed by atoms with Gasteiger partial charge in [-0.1, -0.05) is 12.1 Å². The Morgan fingerprint density at radius 1 is 1.42 bits per heavy atom. The molecule has 0 aliphatic carbocycles. The minimum atomic E-state index is -0.488. The van der Waals surface area contributed by atoms with Gasteiger partial charge >= 0.3 is 0 Å². The van der Waals surface area contributed by atoms with Crippen molar-refractivity contribution in [3.05, 3.63) is 63.1 Å². The van der Waals surface area contributed by atoms with Crippen LogP contribution in [-0.4, -0.2) is 10.8 Å². The predicted molar refractivity (Wildman–Crippen MR) is 68.0 cm³/mol. The average Bonchev–Trinajstić information content (AvgIpc) is 2.82. The van der Waals surface area contributed by atoms with Crippen LogP contribution in [0.15, 0.2) is 41.0 Å². The molecule has 1 heterocycles. The Balaban J connectivity index is 2.03. The average molecular weight is 281 g/mol.